The first kappa shape index (κ1) is 19.7. The monoisotopic (exact) mass is 424 g/mol. The van der Waals surface area contributed by atoms with Crippen LogP contribution >= 0.6 is 0 Å². The fourth-order valence-corrected chi connectivity index (χ4v) is 4.85. The number of H-pyrrole nitrogens is 1. The molecule has 2 heterocycles. The number of aromatic amines is 1. The number of benzene rings is 2. The van der Waals surface area contributed by atoms with E-state index in [9.17, 15) is 21.6 Å². The summed E-state index contributed by atoms with van der Waals surface area (Å²) in [5.74, 6) is 0.654. The molecule has 0 amide bonds. The third-order valence-corrected chi connectivity index (χ3v) is 6.86. The zero-order valence-electron chi connectivity index (χ0n) is 15.6. The second-order valence-corrected chi connectivity index (χ2v) is 8.94. The van der Waals surface area contributed by atoms with Crippen LogP contribution in [0.5, 0.6) is 0 Å². The fourth-order valence-electron chi connectivity index (χ4n) is 3.38. The van der Waals surface area contributed by atoms with Crippen LogP contribution in [-0.4, -0.2) is 48.9 Å². The highest BCUT2D eigenvalue weighted by Crippen LogP contribution is 2.31. The molecular weight excluding hydrogens is 405 g/mol. The van der Waals surface area contributed by atoms with Gasteiger partial charge in [0.25, 0.3) is 0 Å². The predicted octanol–water partition coefficient (Wildman–Crippen LogP) is 3.40. The molecule has 29 heavy (non-hydrogen) atoms. The van der Waals surface area contributed by atoms with Gasteiger partial charge in [-0.2, -0.15) is 17.5 Å². The number of nitrogens with zero attached hydrogens (tertiary/aromatic N) is 3. The second-order valence-electron chi connectivity index (χ2n) is 7.00. The topological polar surface area (TPSA) is 69.3 Å². The number of piperazine rings is 1. The van der Waals surface area contributed by atoms with Crippen molar-refractivity contribution < 1.29 is 21.6 Å². The summed E-state index contributed by atoms with van der Waals surface area (Å²) in [6.45, 7) is 3.08. The van der Waals surface area contributed by atoms with Crippen LogP contribution in [0.4, 0.5) is 19.1 Å². The summed E-state index contributed by atoms with van der Waals surface area (Å²) in [4.78, 5) is 9.37. The summed E-state index contributed by atoms with van der Waals surface area (Å²) < 4.78 is 65.6. The summed E-state index contributed by atoms with van der Waals surface area (Å²) in [7, 11) is -4.00. The van der Waals surface area contributed by atoms with E-state index in [-0.39, 0.29) is 18.0 Å². The van der Waals surface area contributed by atoms with Gasteiger partial charge in [-0.15, -0.1) is 0 Å². The number of hydrogen-bond donors (Lipinski definition) is 1. The Bertz CT molecular complexity index is 1150. The standard InChI is InChI=1S/C19H19F3N4O2S/c1-13-5-6-16-17(11-13)24-18(23-16)25-7-9-26(10-8-25)29(27,28)15-4-2-3-14(12-15)19(20,21)22/h2-6,11-12H,7-10H2,1H3,(H,23,24). The molecule has 0 radical (unpaired) electrons. The molecule has 2 aromatic carbocycles. The number of halogens is 3. The molecule has 1 fully saturated rings. The molecular formula is C19H19F3N4O2S. The van der Waals surface area contributed by atoms with E-state index in [0.29, 0.717) is 25.1 Å². The Balaban J connectivity index is 1.51. The SMILES string of the molecule is Cc1ccc2nc(N3CCN(S(=O)(=O)c4cccc(C(F)(F)F)c4)CC3)[nH]c2c1. The van der Waals surface area contributed by atoms with Crippen LogP contribution in [0.25, 0.3) is 11.0 Å². The third-order valence-electron chi connectivity index (χ3n) is 4.96. The molecule has 0 saturated carbocycles. The van der Waals surface area contributed by atoms with Crippen molar-refractivity contribution in [3.05, 3.63) is 53.6 Å². The number of hydrogen-bond acceptors (Lipinski definition) is 4. The number of nitrogens with one attached hydrogen (secondary N) is 1. The second kappa shape index (κ2) is 7.03. The number of aryl methyl sites for hydroxylation is 1. The van der Waals surface area contributed by atoms with Crippen LogP contribution in [0.3, 0.4) is 0 Å². The molecule has 4 rings (SSSR count). The van der Waals surface area contributed by atoms with E-state index in [1.54, 1.807) is 0 Å². The normalized spacial score (nSPS) is 16.5. The number of anilines is 1. The van der Waals surface area contributed by atoms with Crippen LogP contribution < -0.4 is 4.90 Å². The number of sulfonamides is 1. The first-order valence-corrected chi connectivity index (χ1v) is 10.5. The molecule has 1 aromatic heterocycles. The number of alkyl halides is 3. The van der Waals surface area contributed by atoms with Gasteiger partial charge in [0.05, 0.1) is 21.5 Å². The summed E-state index contributed by atoms with van der Waals surface area (Å²) in [6.07, 6.45) is -4.59. The van der Waals surface area contributed by atoms with Gasteiger partial charge in [0.15, 0.2) is 0 Å². The van der Waals surface area contributed by atoms with E-state index in [1.165, 1.54) is 10.4 Å². The van der Waals surface area contributed by atoms with Crippen LogP contribution in [0.15, 0.2) is 47.4 Å². The van der Waals surface area contributed by atoms with Crippen molar-refractivity contribution in [2.24, 2.45) is 0 Å². The molecule has 1 aliphatic heterocycles. The average molecular weight is 424 g/mol. The lowest BCUT2D eigenvalue weighted by Crippen LogP contribution is -2.49. The lowest BCUT2D eigenvalue weighted by atomic mass is 10.2. The summed E-state index contributed by atoms with van der Waals surface area (Å²) in [6, 6.07) is 9.72. The molecule has 3 aromatic rings. The molecule has 10 heteroatoms. The van der Waals surface area contributed by atoms with E-state index >= 15 is 0 Å². The lowest BCUT2D eigenvalue weighted by molar-refractivity contribution is -0.137. The lowest BCUT2D eigenvalue weighted by Gasteiger charge is -2.33. The number of fused-ring (bicyclic) bond motifs is 1. The highest BCUT2D eigenvalue weighted by Gasteiger charge is 2.34. The maximum absolute atomic E-state index is 12.9. The summed E-state index contributed by atoms with van der Waals surface area (Å²) >= 11 is 0. The minimum Gasteiger partial charge on any atom is -0.340 e. The molecule has 1 N–H and O–H groups in total. The molecule has 0 bridgehead atoms. The number of imidazole rings is 1. The molecule has 1 aliphatic rings. The van der Waals surface area contributed by atoms with Crippen LogP contribution in [0, 0.1) is 6.92 Å². The van der Waals surface area contributed by atoms with E-state index in [0.717, 1.165) is 28.7 Å². The van der Waals surface area contributed by atoms with Crippen LogP contribution in [0.2, 0.25) is 0 Å². The summed E-state index contributed by atoms with van der Waals surface area (Å²) in [5, 5.41) is 0. The van der Waals surface area contributed by atoms with E-state index in [2.05, 4.69) is 9.97 Å². The van der Waals surface area contributed by atoms with Gasteiger partial charge < -0.3 is 9.88 Å². The van der Waals surface area contributed by atoms with Gasteiger partial charge in [-0.3, -0.25) is 0 Å². The Morgan fingerprint density at radius 2 is 1.76 bits per heavy atom. The van der Waals surface area contributed by atoms with E-state index < -0.39 is 21.8 Å². The van der Waals surface area contributed by atoms with E-state index in [1.807, 2.05) is 30.0 Å². The highest BCUT2D eigenvalue weighted by molar-refractivity contribution is 7.89. The molecule has 6 nitrogen and oxygen atoms in total. The highest BCUT2D eigenvalue weighted by atomic mass is 32.2. The van der Waals surface area contributed by atoms with Crippen molar-refractivity contribution in [3.63, 3.8) is 0 Å². The van der Waals surface area contributed by atoms with Crippen molar-refractivity contribution in [2.45, 2.75) is 18.0 Å². The minimum atomic E-state index is -4.59. The molecule has 0 atom stereocenters. The minimum absolute atomic E-state index is 0.161. The predicted molar refractivity (Wildman–Crippen MR) is 103 cm³/mol. The first-order valence-electron chi connectivity index (χ1n) is 9.03. The largest absolute Gasteiger partial charge is 0.416 e. The Morgan fingerprint density at radius 3 is 2.45 bits per heavy atom. The van der Waals surface area contributed by atoms with Gasteiger partial charge in [0, 0.05) is 26.2 Å². The van der Waals surface area contributed by atoms with Gasteiger partial charge in [-0.1, -0.05) is 12.1 Å². The van der Waals surface area contributed by atoms with Gasteiger partial charge in [-0.05, 0) is 42.8 Å². The number of rotatable bonds is 3. The third kappa shape index (κ3) is 3.82. The van der Waals surface area contributed by atoms with Gasteiger partial charge in [0.2, 0.25) is 16.0 Å². The zero-order valence-corrected chi connectivity index (χ0v) is 16.4. The van der Waals surface area contributed by atoms with Crippen LogP contribution in [-0.2, 0) is 16.2 Å². The quantitative estimate of drug-likeness (QED) is 0.700. The van der Waals surface area contributed by atoms with Gasteiger partial charge >= 0.3 is 6.18 Å². The summed E-state index contributed by atoms with van der Waals surface area (Å²) in [5.41, 5.74) is 1.85. The Kier molecular flexibility index (Phi) is 4.78. The molecule has 0 unspecified atom stereocenters. The molecule has 1 saturated heterocycles. The van der Waals surface area contributed by atoms with Crippen molar-refractivity contribution in [1.82, 2.24) is 14.3 Å². The Morgan fingerprint density at radius 1 is 1.03 bits per heavy atom. The van der Waals surface area contributed by atoms with Crippen molar-refractivity contribution >= 4 is 27.0 Å². The fraction of sp³-hybridized carbons (Fsp3) is 0.316. The zero-order chi connectivity index (χ0) is 20.8. The molecule has 154 valence electrons. The average Bonchev–Trinajstić information content (AvgIpc) is 3.11. The maximum atomic E-state index is 12.9. The van der Waals surface area contributed by atoms with Gasteiger partial charge in [0.1, 0.15) is 0 Å². The van der Waals surface area contributed by atoms with Crippen molar-refractivity contribution in [3.8, 4) is 0 Å². The molecule has 0 aliphatic carbocycles. The smallest absolute Gasteiger partial charge is 0.340 e. The Labute approximate surface area is 166 Å². The molecule has 0 spiro atoms. The van der Waals surface area contributed by atoms with Gasteiger partial charge in [-0.25, -0.2) is 13.4 Å². The first-order chi connectivity index (χ1) is 13.6. The van der Waals surface area contributed by atoms with Crippen LogP contribution in [0.1, 0.15) is 11.1 Å². The van der Waals surface area contributed by atoms with E-state index in [4.69, 9.17) is 0 Å². The number of aromatic nitrogens is 2. The Hall–Kier alpha value is -2.59. The van der Waals surface area contributed by atoms with Crippen molar-refractivity contribution in [2.75, 3.05) is 31.1 Å². The van der Waals surface area contributed by atoms with Crippen molar-refractivity contribution in [1.29, 1.82) is 0 Å². The maximum Gasteiger partial charge on any atom is 0.416 e.